The minimum absolute atomic E-state index is 0.0579. The molecule has 0 aliphatic rings. The molecule has 0 saturated heterocycles. The third-order valence-corrected chi connectivity index (χ3v) is 2.85. The van der Waals surface area contributed by atoms with Gasteiger partial charge in [0.2, 0.25) is 11.8 Å². The highest BCUT2D eigenvalue weighted by Gasteiger charge is 2.03. The molecule has 0 atom stereocenters. The van der Waals surface area contributed by atoms with E-state index in [1.807, 2.05) is 0 Å². The Hall–Kier alpha value is -1.45. The van der Waals surface area contributed by atoms with E-state index in [1.54, 1.807) is 6.20 Å². The average molecular weight is 319 g/mol. The van der Waals surface area contributed by atoms with E-state index in [1.165, 1.54) is 5.01 Å². The van der Waals surface area contributed by atoms with Gasteiger partial charge in [0.25, 0.3) is 0 Å². The molecule has 0 aliphatic heterocycles. The first kappa shape index (κ1) is 19.6. The van der Waals surface area contributed by atoms with Gasteiger partial charge in [0.1, 0.15) is 0 Å². The van der Waals surface area contributed by atoms with Crippen LogP contribution in [0.5, 0.6) is 0 Å². The first-order valence-electron chi connectivity index (χ1n) is 6.77. The van der Waals surface area contributed by atoms with E-state index >= 15 is 0 Å². The largest absolute Gasteiger partial charge is 0.401 e. The molecule has 0 aromatic heterocycles. The van der Waals surface area contributed by atoms with Crippen molar-refractivity contribution >= 4 is 24.6 Å². The predicted octanol–water partition coefficient (Wildman–Crippen LogP) is -1.02. The highest BCUT2D eigenvalue weighted by molar-refractivity contribution is 7.78. The minimum Gasteiger partial charge on any atom is -0.401 e. The maximum atomic E-state index is 11.3. The van der Waals surface area contributed by atoms with E-state index in [0.29, 0.717) is 31.5 Å². The van der Waals surface area contributed by atoms with Crippen LogP contribution in [0.4, 0.5) is 0 Å². The van der Waals surface area contributed by atoms with E-state index in [4.69, 9.17) is 16.7 Å². The Morgan fingerprint density at radius 3 is 2.52 bits per heavy atom. The second kappa shape index (κ2) is 12.3. The quantitative estimate of drug-likeness (QED) is 0.125. The van der Waals surface area contributed by atoms with Gasteiger partial charge < -0.3 is 25.9 Å². The molecule has 0 bridgehead atoms. The second-order valence-corrected chi connectivity index (χ2v) is 4.73. The van der Waals surface area contributed by atoms with Crippen molar-refractivity contribution in [3.8, 4) is 0 Å². The number of amides is 2. The zero-order chi connectivity index (χ0) is 16.1. The third kappa shape index (κ3) is 12.0. The maximum absolute atomic E-state index is 11.3. The SMILES string of the molecule is N/C(=C\N(N)CCCCC(=O)NCCO)CCC(=O)NS. The predicted molar refractivity (Wildman–Crippen MR) is 83.5 cm³/mol. The molecule has 0 aromatic carbocycles. The molecule has 9 heteroatoms. The van der Waals surface area contributed by atoms with Crippen LogP contribution in [0.15, 0.2) is 11.9 Å². The number of hydrogen-bond donors (Lipinski definition) is 6. The Morgan fingerprint density at radius 2 is 1.90 bits per heavy atom. The number of hydrazine groups is 1. The van der Waals surface area contributed by atoms with Crippen LogP contribution in [-0.2, 0) is 9.59 Å². The number of nitrogens with two attached hydrogens (primary N) is 2. The summed E-state index contributed by atoms with van der Waals surface area (Å²) in [5.74, 6) is 5.45. The number of allylic oxidation sites excluding steroid dienone is 1. The van der Waals surface area contributed by atoms with Crippen molar-refractivity contribution in [3.63, 3.8) is 0 Å². The van der Waals surface area contributed by atoms with Gasteiger partial charge >= 0.3 is 0 Å². The van der Waals surface area contributed by atoms with Crippen molar-refractivity contribution in [2.24, 2.45) is 11.6 Å². The van der Waals surface area contributed by atoms with E-state index in [-0.39, 0.29) is 31.4 Å². The summed E-state index contributed by atoms with van der Waals surface area (Å²) in [6.45, 7) is 0.783. The van der Waals surface area contributed by atoms with Gasteiger partial charge in [0, 0.05) is 37.8 Å². The number of nitrogens with one attached hydrogen (secondary N) is 2. The van der Waals surface area contributed by atoms with Crippen LogP contribution in [0.1, 0.15) is 32.1 Å². The van der Waals surface area contributed by atoms with Gasteiger partial charge in [-0.25, -0.2) is 5.84 Å². The van der Waals surface area contributed by atoms with Crippen molar-refractivity contribution in [2.45, 2.75) is 32.1 Å². The number of nitrogens with zero attached hydrogens (tertiary/aromatic N) is 1. The maximum Gasteiger partial charge on any atom is 0.230 e. The number of thiol groups is 1. The molecule has 0 aromatic rings. The van der Waals surface area contributed by atoms with Gasteiger partial charge in [-0.15, -0.1) is 0 Å². The average Bonchev–Trinajstić information content (AvgIpc) is 2.46. The van der Waals surface area contributed by atoms with Gasteiger partial charge in [-0.05, 0) is 19.3 Å². The van der Waals surface area contributed by atoms with Crippen molar-refractivity contribution < 1.29 is 14.7 Å². The lowest BCUT2D eigenvalue weighted by atomic mass is 10.2. The topological polar surface area (TPSA) is 134 Å². The molecule has 21 heavy (non-hydrogen) atoms. The van der Waals surface area contributed by atoms with Crippen molar-refractivity contribution in [3.05, 3.63) is 11.9 Å². The van der Waals surface area contributed by atoms with Crippen LogP contribution >= 0.6 is 12.8 Å². The zero-order valence-corrected chi connectivity index (χ0v) is 12.9. The number of hydrogen-bond acceptors (Lipinski definition) is 7. The second-order valence-electron chi connectivity index (χ2n) is 4.51. The lowest BCUT2D eigenvalue weighted by Gasteiger charge is -2.14. The Labute approximate surface area is 130 Å². The number of rotatable bonds is 11. The van der Waals surface area contributed by atoms with E-state index in [2.05, 4.69) is 22.9 Å². The summed E-state index contributed by atoms with van der Waals surface area (Å²) < 4.78 is 2.21. The number of aliphatic hydroxyl groups is 1. The van der Waals surface area contributed by atoms with Crippen molar-refractivity contribution in [2.75, 3.05) is 19.7 Å². The molecular weight excluding hydrogens is 294 g/mol. The molecule has 8 nitrogen and oxygen atoms in total. The lowest BCUT2D eigenvalue weighted by Crippen LogP contribution is -2.29. The van der Waals surface area contributed by atoms with Crippen LogP contribution in [0.25, 0.3) is 0 Å². The number of unbranched alkanes of at least 4 members (excludes halogenated alkanes) is 1. The van der Waals surface area contributed by atoms with E-state index in [9.17, 15) is 9.59 Å². The molecule has 0 heterocycles. The Balaban J connectivity index is 3.75. The standard InChI is InChI=1S/C12H25N5O3S/c13-10(4-5-12(20)16-21)9-17(14)7-2-1-3-11(19)15-6-8-18/h9,18,21H,1-8,13-14H2,(H,15,19)(H,16,20)/b10-9-. The fourth-order valence-corrected chi connectivity index (χ4v) is 1.63. The smallest absolute Gasteiger partial charge is 0.230 e. The first-order chi connectivity index (χ1) is 9.99. The molecule has 0 saturated carbocycles. The lowest BCUT2D eigenvalue weighted by molar-refractivity contribution is -0.121. The van der Waals surface area contributed by atoms with Gasteiger partial charge in [-0.2, -0.15) is 0 Å². The summed E-state index contributed by atoms with van der Waals surface area (Å²) in [5.41, 5.74) is 6.24. The molecule has 122 valence electrons. The molecule has 7 N–H and O–H groups in total. The molecule has 0 fully saturated rings. The van der Waals surface area contributed by atoms with Crippen molar-refractivity contribution in [1.82, 2.24) is 15.0 Å². The number of aliphatic hydroxyl groups excluding tert-OH is 1. The summed E-state index contributed by atoms with van der Waals surface area (Å²) in [4.78, 5) is 22.2. The van der Waals surface area contributed by atoms with Crippen LogP contribution in [0.3, 0.4) is 0 Å². The Kier molecular flexibility index (Phi) is 11.5. The fraction of sp³-hybridized carbons (Fsp3) is 0.667. The summed E-state index contributed by atoms with van der Waals surface area (Å²) in [6, 6.07) is 0. The Bertz CT molecular complexity index is 352. The van der Waals surface area contributed by atoms with Gasteiger partial charge in [-0.1, -0.05) is 12.8 Å². The fourth-order valence-electron chi connectivity index (χ4n) is 1.52. The molecular formula is C12H25N5O3S. The summed E-state index contributed by atoms with van der Waals surface area (Å²) in [7, 11) is 0. The number of carbonyl (C=O) groups is 2. The zero-order valence-electron chi connectivity index (χ0n) is 12.0. The molecule has 2 amide bonds. The van der Waals surface area contributed by atoms with Crippen molar-refractivity contribution in [1.29, 1.82) is 0 Å². The molecule has 0 rings (SSSR count). The van der Waals surface area contributed by atoms with Crippen LogP contribution < -0.4 is 21.6 Å². The first-order valence-corrected chi connectivity index (χ1v) is 7.22. The van der Waals surface area contributed by atoms with Crippen LogP contribution in [0.2, 0.25) is 0 Å². The van der Waals surface area contributed by atoms with E-state index in [0.717, 1.165) is 6.42 Å². The summed E-state index contributed by atoms with van der Waals surface area (Å²) in [6.07, 6.45) is 4.08. The number of carbonyl (C=O) groups excluding carboxylic acids is 2. The third-order valence-electron chi connectivity index (χ3n) is 2.60. The highest BCUT2D eigenvalue weighted by atomic mass is 32.1. The van der Waals surface area contributed by atoms with Crippen LogP contribution in [-0.4, -0.2) is 41.6 Å². The highest BCUT2D eigenvalue weighted by Crippen LogP contribution is 2.01. The molecule has 0 radical (unpaired) electrons. The van der Waals surface area contributed by atoms with Gasteiger partial charge in [0.05, 0.1) is 6.61 Å². The molecule has 0 aliphatic carbocycles. The summed E-state index contributed by atoms with van der Waals surface area (Å²) in [5, 5.41) is 12.6. The van der Waals surface area contributed by atoms with Crippen LogP contribution in [0, 0.1) is 0 Å². The Morgan fingerprint density at radius 1 is 1.19 bits per heavy atom. The monoisotopic (exact) mass is 319 g/mol. The minimum atomic E-state index is -0.202. The normalized spacial score (nSPS) is 11.1. The van der Waals surface area contributed by atoms with E-state index < -0.39 is 0 Å². The molecule has 0 spiro atoms. The van der Waals surface area contributed by atoms with Gasteiger partial charge in [-0.3, -0.25) is 9.59 Å². The van der Waals surface area contributed by atoms with Gasteiger partial charge in [0.15, 0.2) is 0 Å². The summed E-state index contributed by atoms with van der Waals surface area (Å²) >= 11 is 3.64. The molecule has 0 unspecified atom stereocenters.